The Morgan fingerprint density at radius 2 is 2.33 bits per heavy atom. The highest BCUT2D eigenvalue weighted by Gasteiger charge is 2.34. The maximum Gasteiger partial charge on any atom is 0.222 e. The van der Waals surface area contributed by atoms with Gasteiger partial charge in [-0.25, -0.2) is 0 Å². The fraction of sp³-hybridized carbons (Fsp3) is 0.889. The highest BCUT2D eigenvalue weighted by atomic mass is 16.2. The van der Waals surface area contributed by atoms with Gasteiger partial charge in [0, 0.05) is 19.5 Å². The predicted molar refractivity (Wildman–Crippen MR) is 46.8 cm³/mol. The van der Waals surface area contributed by atoms with Crippen LogP contribution >= 0.6 is 0 Å². The third-order valence-corrected chi connectivity index (χ3v) is 3.19. The van der Waals surface area contributed by atoms with E-state index >= 15 is 0 Å². The molecule has 12 heavy (non-hydrogen) atoms. The predicted octanol–water partition coefficient (Wildman–Crippen LogP) is 0.217. The average Bonchev–Trinajstić information content (AvgIpc) is 2.12. The molecule has 2 aliphatic heterocycles. The van der Waals surface area contributed by atoms with Crippen molar-refractivity contribution in [3.05, 3.63) is 0 Å². The van der Waals surface area contributed by atoms with Gasteiger partial charge in [0.25, 0.3) is 0 Å². The number of piperidine rings is 2. The molecule has 2 aliphatic rings. The monoisotopic (exact) mass is 168 g/mol. The molecule has 0 spiro atoms. The molecule has 0 aliphatic carbocycles. The van der Waals surface area contributed by atoms with Crippen molar-refractivity contribution in [3.63, 3.8) is 0 Å². The van der Waals surface area contributed by atoms with Gasteiger partial charge in [0.05, 0.1) is 0 Å². The first-order valence-electron chi connectivity index (χ1n) is 4.75. The molecule has 0 aromatic heterocycles. The third-order valence-electron chi connectivity index (χ3n) is 3.19. The number of nitrogens with zero attached hydrogens (tertiary/aromatic N) is 1. The summed E-state index contributed by atoms with van der Waals surface area (Å²) < 4.78 is 0. The van der Waals surface area contributed by atoms with E-state index in [9.17, 15) is 4.79 Å². The van der Waals surface area contributed by atoms with Crippen molar-refractivity contribution >= 4 is 5.91 Å². The first-order chi connectivity index (χ1) is 5.79. The largest absolute Gasteiger partial charge is 0.342 e. The second-order valence-corrected chi connectivity index (χ2v) is 3.86. The molecular formula is C9H16N2O. The lowest BCUT2D eigenvalue weighted by atomic mass is 9.85. The lowest BCUT2D eigenvalue weighted by Gasteiger charge is -2.42. The molecule has 0 bridgehead atoms. The molecule has 0 aromatic rings. The lowest BCUT2D eigenvalue weighted by Crippen LogP contribution is -2.53. The minimum absolute atomic E-state index is 0.332. The summed E-state index contributed by atoms with van der Waals surface area (Å²) in [4.78, 5) is 13.3. The Bertz CT molecular complexity index is 193. The van der Waals surface area contributed by atoms with Crippen LogP contribution in [0.3, 0.4) is 0 Å². The Balaban J connectivity index is 2.08. The van der Waals surface area contributed by atoms with Gasteiger partial charge in [0.15, 0.2) is 0 Å². The minimum atomic E-state index is 0.332. The number of rotatable bonds is 0. The number of carbonyl (C=O) groups is 1. The summed E-state index contributed by atoms with van der Waals surface area (Å²) in [5.74, 6) is 1.04. The molecule has 2 fully saturated rings. The van der Waals surface area contributed by atoms with Crippen molar-refractivity contribution in [2.45, 2.75) is 25.3 Å². The van der Waals surface area contributed by atoms with Crippen LogP contribution in [-0.4, -0.2) is 37.0 Å². The summed E-state index contributed by atoms with van der Waals surface area (Å²) in [5.41, 5.74) is 0. The molecule has 0 saturated carbocycles. The van der Waals surface area contributed by atoms with Crippen molar-refractivity contribution in [2.75, 3.05) is 20.1 Å². The quantitative estimate of drug-likeness (QED) is 0.561. The molecule has 68 valence electrons. The first-order valence-corrected chi connectivity index (χ1v) is 4.75. The Morgan fingerprint density at radius 3 is 3.17 bits per heavy atom. The Labute approximate surface area is 73.1 Å². The van der Waals surface area contributed by atoms with Crippen molar-refractivity contribution in [2.24, 2.45) is 5.92 Å². The topological polar surface area (TPSA) is 32.3 Å². The molecular weight excluding hydrogens is 152 g/mol. The van der Waals surface area contributed by atoms with E-state index in [2.05, 4.69) is 5.32 Å². The summed E-state index contributed by atoms with van der Waals surface area (Å²) in [5, 5.41) is 3.38. The van der Waals surface area contributed by atoms with Crippen molar-refractivity contribution < 1.29 is 4.79 Å². The maximum atomic E-state index is 11.4. The van der Waals surface area contributed by atoms with Gasteiger partial charge >= 0.3 is 0 Å². The van der Waals surface area contributed by atoms with Crippen LogP contribution in [0.2, 0.25) is 0 Å². The van der Waals surface area contributed by atoms with Gasteiger partial charge in [0.1, 0.15) is 0 Å². The van der Waals surface area contributed by atoms with Crippen LogP contribution in [0.5, 0.6) is 0 Å². The van der Waals surface area contributed by atoms with Crippen LogP contribution in [0, 0.1) is 5.92 Å². The standard InChI is InChI=1S/C9H16N2O/c1-11-8-4-5-10-6-7(8)2-3-9(11)12/h7-8,10H,2-6H2,1H3/t7-,8-/m0/s1. The molecule has 0 unspecified atom stereocenters. The molecule has 0 radical (unpaired) electrons. The van der Waals surface area contributed by atoms with Crippen LogP contribution in [0.25, 0.3) is 0 Å². The minimum Gasteiger partial charge on any atom is -0.342 e. The fourth-order valence-electron chi connectivity index (χ4n) is 2.38. The van der Waals surface area contributed by atoms with Crippen LogP contribution in [0.1, 0.15) is 19.3 Å². The molecule has 2 atom stereocenters. The zero-order valence-electron chi connectivity index (χ0n) is 7.55. The van der Waals surface area contributed by atoms with Gasteiger partial charge in [0.2, 0.25) is 5.91 Å². The van der Waals surface area contributed by atoms with E-state index in [4.69, 9.17) is 0 Å². The first kappa shape index (κ1) is 8.05. The summed E-state index contributed by atoms with van der Waals surface area (Å²) in [6.07, 6.45) is 2.97. The van der Waals surface area contributed by atoms with Gasteiger partial charge in [-0.15, -0.1) is 0 Å². The maximum absolute atomic E-state index is 11.4. The Morgan fingerprint density at radius 1 is 1.50 bits per heavy atom. The van der Waals surface area contributed by atoms with E-state index in [0.29, 0.717) is 17.9 Å². The SMILES string of the molecule is CN1C(=O)CC[C@H]2CNCC[C@@H]21. The number of amides is 1. The molecule has 3 heteroatoms. The van der Waals surface area contributed by atoms with E-state index in [0.717, 1.165) is 32.4 Å². The smallest absolute Gasteiger partial charge is 0.222 e. The summed E-state index contributed by atoms with van der Waals surface area (Å²) in [7, 11) is 1.95. The van der Waals surface area contributed by atoms with E-state index in [1.807, 2.05) is 11.9 Å². The van der Waals surface area contributed by atoms with E-state index in [1.54, 1.807) is 0 Å². The molecule has 0 aromatic carbocycles. The zero-order valence-corrected chi connectivity index (χ0v) is 7.55. The van der Waals surface area contributed by atoms with E-state index < -0.39 is 0 Å². The number of nitrogens with one attached hydrogen (secondary N) is 1. The number of likely N-dealkylation sites (tertiary alicyclic amines) is 1. The van der Waals surface area contributed by atoms with Crippen LogP contribution in [-0.2, 0) is 4.79 Å². The highest BCUT2D eigenvalue weighted by Crippen LogP contribution is 2.26. The molecule has 3 nitrogen and oxygen atoms in total. The van der Waals surface area contributed by atoms with Crippen LogP contribution in [0.4, 0.5) is 0 Å². The van der Waals surface area contributed by atoms with Crippen LogP contribution in [0.15, 0.2) is 0 Å². The Hall–Kier alpha value is -0.570. The normalized spacial score (nSPS) is 36.4. The van der Waals surface area contributed by atoms with Crippen molar-refractivity contribution in [1.82, 2.24) is 10.2 Å². The second kappa shape index (κ2) is 3.05. The Kier molecular flexibility index (Phi) is 2.05. The summed E-state index contributed by atoms with van der Waals surface area (Å²) >= 11 is 0. The number of hydrogen-bond acceptors (Lipinski definition) is 2. The van der Waals surface area contributed by atoms with Crippen molar-refractivity contribution in [3.8, 4) is 0 Å². The number of carbonyl (C=O) groups excluding carboxylic acids is 1. The summed E-state index contributed by atoms with van der Waals surface area (Å²) in [6, 6.07) is 0.521. The number of hydrogen-bond donors (Lipinski definition) is 1. The third kappa shape index (κ3) is 1.22. The van der Waals surface area contributed by atoms with Crippen molar-refractivity contribution in [1.29, 1.82) is 0 Å². The van der Waals surface area contributed by atoms with Gasteiger partial charge < -0.3 is 10.2 Å². The highest BCUT2D eigenvalue weighted by molar-refractivity contribution is 5.77. The molecule has 2 saturated heterocycles. The molecule has 1 N–H and O–H groups in total. The zero-order chi connectivity index (χ0) is 8.55. The molecule has 2 heterocycles. The van der Waals surface area contributed by atoms with Gasteiger partial charge in [-0.1, -0.05) is 0 Å². The summed E-state index contributed by atoms with van der Waals surface area (Å²) in [6.45, 7) is 2.17. The average molecular weight is 168 g/mol. The molecule has 1 amide bonds. The van der Waals surface area contributed by atoms with E-state index in [1.165, 1.54) is 0 Å². The second-order valence-electron chi connectivity index (χ2n) is 3.86. The van der Waals surface area contributed by atoms with Gasteiger partial charge in [-0.3, -0.25) is 4.79 Å². The fourth-order valence-corrected chi connectivity index (χ4v) is 2.38. The van der Waals surface area contributed by atoms with Crippen LogP contribution < -0.4 is 5.32 Å². The lowest BCUT2D eigenvalue weighted by molar-refractivity contribution is -0.137. The van der Waals surface area contributed by atoms with Gasteiger partial charge in [-0.2, -0.15) is 0 Å². The van der Waals surface area contributed by atoms with E-state index in [-0.39, 0.29) is 0 Å². The number of fused-ring (bicyclic) bond motifs is 1. The van der Waals surface area contributed by atoms with Gasteiger partial charge in [-0.05, 0) is 31.8 Å². The molecule has 2 rings (SSSR count).